The van der Waals surface area contributed by atoms with Gasteiger partial charge in [-0.25, -0.2) is 13.8 Å². The highest BCUT2D eigenvalue weighted by Crippen LogP contribution is 2.26. The summed E-state index contributed by atoms with van der Waals surface area (Å²) in [5.41, 5.74) is 6.19. The van der Waals surface area contributed by atoms with Crippen molar-refractivity contribution in [3.63, 3.8) is 0 Å². The van der Waals surface area contributed by atoms with Crippen LogP contribution < -0.4 is 5.73 Å². The van der Waals surface area contributed by atoms with Crippen molar-refractivity contribution in [1.29, 1.82) is 0 Å². The Balaban J connectivity index is 2.58. The Morgan fingerprint density at radius 1 is 1.12 bits per heavy atom. The lowest BCUT2D eigenvalue weighted by Crippen LogP contribution is -1.93. The van der Waals surface area contributed by atoms with Gasteiger partial charge in [0.05, 0.1) is 0 Å². The average Bonchev–Trinajstić information content (AvgIpc) is 2.15. The Hall–Kier alpha value is -1.68. The maximum atomic E-state index is 13.5. The Morgan fingerprint density at radius 3 is 2.50 bits per heavy atom. The number of nitrogens with two attached hydrogens (primary N) is 1. The molecule has 1 heterocycles. The average molecular weight is 241 g/mol. The quantitative estimate of drug-likeness (QED) is 0.777. The number of hydrogen-bond acceptors (Lipinski definition) is 2. The molecule has 2 rings (SSSR count). The predicted molar refractivity (Wildman–Crippen MR) is 59.0 cm³/mol. The van der Waals surface area contributed by atoms with Crippen LogP contribution >= 0.6 is 11.6 Å². The van der Waals surface area contributed by atoms with E-state index in [9.17, 15) is 8.78 Å². The largest absolute Gasteiger partial charge is 0.384 e. The van der Waals surface area contributed by atoms with Gasteiger partial charge in [0.1, 0.15) is 22.6 Å². The van der Waals surface area contributed by atoms with Crippen molar-refractivity contribution >= 4 is 17.4 Å². The molecule has 1 aromatic carbocycles. The normalized spacial score (nSPS) is 10.4. The molecule has 82 valence electrons. The van der Waals surface area contributed by atoms with Crippen molar-refractivity contribution in [1.82, 2.24) is 4.98 Å². The number of anilines is 1. The number of aromatic nitrogens is 1. The number of benzene rings is 1. The minimum absolute atomic E-state index is 0.165. The van der Waals surface area contributed by atoms with Crippen LogP contribution in [0.3, 0.4) is 0 Å². The number of pyridine rings is 1. The maximum Gasteiger partial charge on any atom is 0.133 e. The van der Waals surface area contributed by atoms with E-state index >= 15 is 0 Å². The summed E-state index contributed by atoms with van der Waals surface area (Å²) in [6.45, 7) is 0. The zero-order chi connectivity index (χ0) is 11.7. The number of hydrogen-bond donors (Lipinski definition) is 1. The zero-order valence-electron chi connectivity index (χ0n) is 8.05. The zero-order valence-corrected chi connectivity index (χ0v) is 8.80. The number of rotatable bonds is 1. The van der Waals surface area contributed by atoms with E-state index in [-0.39, 0.29) is 16.5 Å². The molecule has 0 atom stereocenters. The van der Waals surface area contributed by atoms with E-state index in [2.05, 4.69) is 4.98 Å². The van der Waals surface area contributed by atoms with Crippen LogP contribution in [0.25, 0.3) is 11.1 Å². The second-order valence-electron chi connectivity index (χ2n) is 3.23. The molecule has 16 heavy (non-hydrogen) atoms. The minimum atomic E-state index is -0.665. The molecule has 0 fully saturated rings. The second-order valence-corrected chi connectivity index (χ2v) is 3.61. The lowest BCUT2D eigenvalue weighted by Gasteiger charge is -2.05. The molecular weight excluding hydrogens is 234 g/mol. The summed E-state index contributed by atoms with van der Waals surface area (Å²) in [6.07, 6.45) is 0. The van der Waals surface area contributed by atoms with Crippen LogP contribution in [0.4, 0.5) is 14.6 Å². The molecule has 5 heteroatoms. The van der Waals surface area contributed by atoms with E-state index in [0.717, 1.165) is 6.07 Å². The van der Waals surface area contributed by atoms with Gasteiger partial charge in [-0.3, -0.25) is 0 Å². The van der Waals surface area contributed by atoms with Gasteiger partial charge in [-0.1, -0.05) is 11.6 Å². The van der Waals surface area contributed by atoms with Gasteiger partial charge < -0.3 is 5.73 Å². The van der Waals surface area contributed by atoms with E-state index < -0.39 is 11.6 Å². The van der Waals surface area contributed by atoms with Gasteiger partial charge >= 0.3 is 0 Å². The summed E-state index contributed by atoms with van der Waals surface area (Å²) >= 11 is 5.70. The summed E-state index contributed by atoms with van der Waals surface area (Å²) in [5.74, 6) is -1.11. The summed E-state index contributed by atoms with van der Waals surface area (Å²) in [6, 6.07) is 6.25. The first-order valence-corrected chi connectivity index (χ1v) is 4.82. The Labute approximate surface area is 95.7 Å². The lowest BCUT2D eigenvalue weighted by molar-refractivity contribution is 0.585. The van der Waals surface area contributed by atoms with Crippen molar-refractivity contribution in [3.05, 3.63) is 47.1 Å². The minimum Gasteiger partial charge on any atom is -0.384 e. The molecule has 2 aromatic rings. The van der Waals surface area contributed by atoms with Gasteiger partial charge in [-0.2, -0.15) is 0 Å². The smallest absolute Gasteiger partial charge is 0.133 e. The molecule has 0 saturated heterocycles. The molecule has 0 aliphatic carbocycles. The highest BCUT2D eigenvalue weighted by atomic mass is 35.5. The summed E-state index contributed by atoms with van der Waals surface area (Å²) in [5, 5.41) is 0.165. The van der Waals surface area contributed by atoms with E-state index in [1.54, 1.807) is 0 Å². The van der Waals surface area contributed by atoms with E-state index in [1.165, 1.54) is 24.3 Å². The first-order chi connectivity index (χ1) is 7.56. The van der Waals surface area contributed by atoms with Crippen LogP contribution in [0, 0.1) is 11.6 Å². The van der Waals surface area contributed by atoms with Gasteiger partial charge in [0.2, 0.25) is 0 Å². The topological polar surface area (TPSA) is 38.9 Å². The first kappa shape index (κ1) is 10.8. The predicted octanol–water partition coefficient (Wildman–Crippen LogP) is 3.26. The van der Waals surface area contributed by atoms with E-state index in [0.29, 0.717) is 5.56 Å². The van der Waals surface area contributed by atoms with E-state index in [4.69, 9.17) is 17.3 Å². The molecule has 0 aliphatic rings. The van der Waals surface area contributed by atoms with Gasteiger partial charge in [-0.15, -0.1) is 0 Å². The summed E-state index contributed by atoms with van der Waals surface area (Å²) < 4.78 is 26.2. The summed E-state index contributed by atoms with van der Waals surface area (Å²) in [4.78, 5) is 3.75. The molecule has 0 aliphatic heterocycles. The van der Waals surface area contributed by atoms with Crippen LogP contribution in [-0.2, 0) is 0 Å². The Kier molecular flexibility index (Phi) is 2.75. The molecule has 0 saturated carbocycles. The lowest BCUT2D eigenvalue weighted by atomic mass is 10.1. The molecule has 0 unspecified atom stereocenters. The van der Waals surface area contributed by atoms with Gasteiger partial charge in [0.25, 0.3) is 0 Å². The second kappa shape index (κ2) is 4.06. The number of nitrogens with zero attached hydrogens (tertiary/aromatic N) is 1. The summed E-state index contributed by atoms with van der Waals surface area (Å²) in [7, 11) is 0. The fourth-order valence-corrected chi connectivity index (χ4v) is 1.61. The van der Waals surface area contributed by atoms with Crippen LogP contribution in [0.2, 0.25) is 5.15 Å². The van der Waals surface area contributed by atoms with Gasteiger partial charge in [-0.05, 0) is 29.8 Å². The first-order valence-electron chi connectivity index (χ1n) is 4.45. The molecule has 0 amide bonds. The third-order valence-corrected chi connectivity index (χ3v) is 2.25. The van der Waals surface area contributed by atoms with Crippen LogP contribution in [0.15, 0.2) is 30.3 Å². The Bertz CT molecular complexity index is 523. The SMILES string of the molecule is Nc1cc(-c2ccc(F)cc2F)cc(Cl)n1. The monoisotopic (exact) mass is 240 g/mol. The van der Waals surface area contributed by atoms with Crippen molar-refractivity contribution in [2.24, 2.45) is 0 Å². The van der Waals surface area contributed by atoms with Crippen LogP contribution in [0.1, 0.15) is 0 Å². The fraction of sp³-hybridized carbons (Fsp3) is 0. The fourth-order valence-electron chi connectivity index (χ4n) is 1.40. The Morgan fingerprint density at radius 2 is 1.88 bits per heavy atom. The number of nitrogen functional groups attached to an aromatic ring is 1. The third kappa shape index (κ3) is 2.12. The van der Waals surface area contributed by atoms with Crippen LogP contribution in [0.5, 0.6) is 0 Å². The van der Waals surface area contributed by atoms with Gasteiger partial charge in [0.15, 0.2) is 0 Å². The van der Waals surface area contributed by atoms with Crippen molar-refractivity contribution < 1.29 is 8.78 Å². The standard InChI is InChI=1S/C11H7ClF2N2/c12-10-3-6(4-11(15)16-10)8-2-1-7(13)5-9(8)14/h1-5H,(H2,15,16). The molecular formula is C11H7ClF2N2. The van der Waals surface area contributed by atoms with Crippen LogP contribution in [-0.4, -0.2) is 4.98 Å². The third-order valence-electron chi connectivity index (χ3n) is 2.06. The maximum absolute atomic E-state index is 13.5. The molecule has 0 bridgehead atoms. The highest BCUT2D eigenvalue weighted by Gasteiger charge is 2.08. The molecule has 0 radical (unpaired) electrons. The van der Waals surface area contributed by atoms with Crippen molar-refractivity contribution in [2.75, 3.05) is 5.73 Å². The van der Waals surface area contributed by atoms with Gasteiger partial charge in [0, 0.05) is 11.6 Å². The number of halogens is 3. The van der Waals surface area contributed by atoms with Crippen molar-refractivity contribution in [3.8, 4) is 11.1 Å². The molecule has 0 spiro atoms. The highest BCUT2D eigenvalue weighted by molar-refractivity contribution is 6.29. The van der Waals surface area contributed by atoms with E-state index in [1.807, 2.05) is 0 Å². The molecule has 2 nitrogen and oxygen atoms in total. The van der Waals surface area contributed by atoms with Crippen molar-refractivity contribution in [2.45, 2.75) is 0 Å². The molecule has 1 aromatic heterocycles. The molecule has 2 N–H and O–H groups in total.